The van der Waals surface area contributed by atoms with Crippen molar-refractivity contribution >= 4 is 15.9 Å². The highest BCUT2D eigenvalue weighted by atomic mass is 79.9. The third-order valence-corrected chi connectivity index (χ3v) is 4.50. The van der Waals surface area contributed by atoms with Gasteiger partial charge in [0.25, 0.3) is 5.56 Å². The van der Waals surface area contributed by atoms with Crippen LogP contribution < -0.4 is 5.56 Å². The molecule has 1 saturated carbocycles. The number of hydrogen-bond acceptors (Lipinski definition) is 3. The summed E-state index contributed by atoms with van der Waals surface area (Å²) >= 11 is 3.33. The number of aromatic amines is 1. The molecule has 4 nitrogen and oxygen atoms in total. The number of nitrogens with zero attached hydrogens (tertiary/aromatic N) is 1. The summed E-state index contributed by atoms with van der Waals surface area (Å²) in [6.45, 7) is 4.72. The highest BCUT2D eigenvalue weighted by molar-refractivity contribution is 9.10. The number of ether oxygens (including phenoxy) is 1. The van der Waals surface area contributed by atoms with Crippen molar-refractivity contribution in [2.24, 2.45) is 0 Å². The normalized spacial score (nSPS) is 17.8. The van der Waals surface area contributed by atoms with Crippen molar-refractivity contribution in [1.82, 2.24) is 9.97 Å². The van der Waals surface area contributed by atoms with Crippen molar-refractivity contribution in [2.45, 2.75) is 58.0 Å². The smallest absolute Gasteiger partial charge is 0.265 e. The Balaban J connectivity index is 2.45. The topological polar surface area (TPSA) is 55.0 Å². The fourth-order valence-corrected chi connectivity index (χ4v) is 3.18. The molecule has 0 atom stereocenters. The SMILES string of the molecule is CCCc1nc(C2(OCC)CCCC2)[nH]c(=O)c1Br. The van der Waals surface area contributed by atoms with Crippen LogP contribution >= 0.6 is 15.9 Å². The summed E-state index contributed by atoms with van der Waals surface area (Å²) < 4.78 is 6.51. The maximum absolute atomic E-state index is 12.0. The van der Waals surface area contributed by atoms with Crippen molar-refractivity contribution in [2.75, 3.05) is 6.61 Å². The Morgan fingerprint density at radius 3 is 2.63 bits per heavy atom. The van der Waals surface area contributed by atoms with Gasteiger partial charge in [-0.05, 0) is 55.0 Å². The van der Waals surface area contributed by atoms with Crippen molar-refractivity contribution in [3.63, 3.8) is 0 Å². The molecule has 1 aliphatic rings. The lowest BCUT2D eigenvalue weighted by atomic mass is 10.0. The highest BCUT2D eigenvalue weighted by Gasteiger charge is 2.39. The third-order valence-electron chi connectivity index (χ3n) is 3.68. The molecule has 0 radical (unpaired) electrons. The zero-order valence-electron chi connectivity index (χ0n) is 11.6. The van der Waals surface area contributed by atoms with E-state index in [0.29, 0.717) is 16.9 Å². The summed E-state index contributed by atoms with van der Waals surface area (Å²) in [4.78, 5) is 19.6. The Morgan fingerprint density at radius 2 is 2.05 bits per heavy atom. The molecule has 1 heterocycles. The molecule has 1 N–H and O–H groups in total. The Bertz CT molecular complexity index is 493. The average Bonchev–Trinajstić information content (AvgIpc) is 2.85. The van der Waals surface area contributed by atoms with Crippen molar-refractivity contribution in [1.29, 1.82) is 0 Å². The van der Waals surface area contributed by atoms with Gasteiger partial charge in [-0.15, -0.1) is 0 Å². The number of rotatable bonds is 5. The summed E-state index contributed by atoms with van der Waals surface area (Å²) in [5.41, 5.74) is 0.364. The van der Waals surface area contributed by atoms with E-state index in [-0.39, 0.29) is 11.2 Å². The van der Waals surface area contributed by atoms with E-state index in [0.717, 1.165) is 44.2 Å². The molecular weight excluding hydrogens is 308 g/mol. The minimum atomic E-state index is -0.378. The number of halogens is 1. The van der Waals surface area contributed by atoms with Gasteiger partial charge in [0.2, 0.25) is 0 Å². The van der Waals surface area contributed by atoms with Crippen LogP contribution in [0, 0.1) is 0 Å². The lowest BCUT2D eigenvalue weighted by molar-refractivity contribution is -0.0460. The molecule has 19 heavy (non-hydrogen) atoms. The molecule has 0 unspecified atom stereocenters. The van der Waals surface area contributed by atoms with Gasteiger partial charge in [0, 0.05) is 6.61 Å². The summed E-state index contributed by atoms with van der Waals surface area (Å²) in [6.07, 6.45) is 5.91. The predicted octanol–water partition coefficient (Wildman–Crippen LogP) is 3.29. The molecule has 1 aromatic heterocycles. The zero-order chi connectivity index (χ0) is 13.9. The molecule has 2 rings (SSSR count). The van der Waals surface area contributed by atoms with Crippen LogP contribution in [0.4, 0.5) is 0 Å². The lowest BCUT2D eigenvalue weighted by Gasteiger charge is -2.28. The molecular formula is C14H21BrN2O2. The summed E-state index contributed by atoms with van der Waals surface area (Å²) in [5.74, 6) is 0.712. The van der Waals surface area contributed by atoms with E-state index in [1.807, 2.05) is 6.92 Å². The Hall–Kier alpha value is -0.680. The van der Waals surface area contributed by atoms with Crippen LogP contribution in [0.1, 0.15) is 57.5 Å². The third kappa shape index (κ3) is 2.92. The van der Waals surface area contributed by atoms with Gasteiger partial charge in [-0.2, -0.15) is 0 Å². The van der Waals surface area contributed by atoms with Gasteiger partial charge in [-0.3, -0.25) is 4.79 Å². The molecule has 0 spiro atoms. The van der Waals surface area contributed by atoms with E-state index in [1.54, 1.807) is 0 Å². The van der Waals surface area contributed by atoms with E-state index in [2.05, 4.69) is 32.8 Å². The van der Waals surface area contributed by atoms with Crippen LogP contribution in [0.25, 0.3) is 0 Å². The molecule has 5 heteroatoms. The molecule has 0 amide bonds. The summed E-state index contributed by atoms with van der Waals surface area (Å²) in [5, 5.41) is 0. The second kappa shape index (κ2) is 6.18. The fourth-order valence-electron chi connectivity index (χ4n) is 2.80. The first-order valence-electron chi connectivity index (χ1n) is 7.06. The van der Waals surface area contributed by atoms with Gasteiger partial charge in [0.1, 0.15) is 15.9 Å². The van der Waals surface area contributed by atoms with E-state index < -0.39 is 0 Å². The van der Waals surface area contributed by atoms with Crippen LogP contribution in [0.5, 0.6) is 0 Å². The number of aromatic nitrogens is 2. The number of H-pyrrole nitrogens is 1. The largest absolute Gasteiger partial charge is 0.367 e. The Morgan fingerprint density at radius 1 is 1.37 bits per heavy atom. The van der Waals surface area contributed by atoms with Gasteiger partial charge in [-0.25, -0.2) is 4.98 Å². The van der Waals surface area contributed by atoms with Gasteiger partial charge in [0.05, 0.1) is 5.69 Å². The van der Waals surface area contributed by atoms with Crippen molar-refractivity contribution in [3.05, 3.63) is 26.3 Å². The van der Waals surface area contributed by atoms with E-state index in [9.17, 15) is 4.79 Å². The number of hydrogen-bond donors (Lipinski definition) is 1. The minimum Gasteiger partial charge on any atom is -0.367 e. The first kappa shape index (κ1) is 14.7. The van der Waals surface area contributed by atoms with Crippen molar-refractivity contribution < 1.29 is 4.74 Å². The van der Waals surface area contributed by atoms with Crippen LogP contribution in [0.2, 0.25) is 0 Å². The minimum absolute atomic E-state index is 0.0978. The van der Waals surface area contributed by atoms with Gasteiger partial charge >= 0.3 is 0 Å². The number of nitrogens with one attached hydrogen (secondary N) is 1. The quantitative estimate of drug-likeness (QED) is 0.902. The van der Waals surface area contributed by atoms with Crippen LogP contribution in [-0.4, -0.2) is 16.6 Å². The predicted molar refractivity (Wildman–Crippen MR) is 78.3 cm³/mol. The fraction of sp³-hybridized carbons (Fsp3) is 0.714. The first-order valence-corrected chi connectivity index (χ1v) is 7.85. The summed E-state index contributed by atoms with van der Waals surface area (Å²) in [6, 6.07) is 0. The average molecular weight is 329 g/mol. The highest BCUT2D eigenvalue weighted by Crippen LogP contribution is 2.40. The van der Waals surface area contributed by atoms with E-state index >= 15 is 0 Å². The van der Waals surface area contributed by atoms with Crippen LogP contribution in [-0.2, 0) is 16.8 Å². The standard InChI is InChI=1S/C14H21BrN2O2/c1-3-7-10-11(15)12(18)17-13(16-10)14(19-4-2)8-5-6-9-14/h3-9H2,1-2H3,(H,16,17,18). The van der Waals surface area contributed by atoms with Crippen LogP contribution in [0.15, 0.2) is 9.27 Å². The van der Waals surface area contributed by atoms with Gasteiger partial charge in [0.15, 0.2) is 0 Å². The number of aryl methyl sites for hydroxylation is 1. The zero-order valence-corrected chi connectivity index (χ0v) is 13.2. The molecule has 0 aliphatic heterocycles. The monoisotopic (exact) mass is 328 g/mol. The molecule has 1 fully saturated rings. The van der Waals surface area contributed by atoms with E-state index in [1.165, 1.54) is 0 Å². The summed E-state index contributed by atoms with van der Waals surface area (Å²) in [7, 11) is 0. The Kier molecular flexibility index (Phi) is 4.79. The molecule has 1 aliphatic carbocycles. The van der Waals surface area contributed by atoms with Crippen molar-refractivity contribution in [3.8, 4) is 0 Å². The lowest BCUT2D eigenvalue weighted by Crippen LogP contribution is -2.32. The Labute approximate surface area is 122 Å². The van der Waals surface area contributed by atoms with Gasteiger partial charge in [-0.1, -0.05) is 13.3 Å². The maximum atomic E-state index is 12.0. The molecule has 1 aromatic rings. The second-order valence-corrected chi connectivity index (χ2v) is 5.85. The molecule has 0 saturated heterocycles. The molecule has 106 valence electrons. The molecule has 0 bridgehead atoms. The maximum Gasteiger partial charge on any atom is 0.265 e. The first-order chi connectivity index (χ1) is 9.13. The second-order valence-electron chi connectivity index (χ2n) is 5.06. The van der Waals surface area contributed by atoms with Gasteiger partial charge < -0.3 is 9.72 Å². The van der Waals surface area contributed by atoms with Crippen LogP contribution in [0.3, 0.4) is 0 Å². The molecule has 0 aromatic carbocycles. The van der Waals surface area contributed by atoms with E-state index in [4.69, 9.17) is 4.74 Å².